The standard InChI is InChI=1S/C16H31N3O2/c1-3-9-16(12-17,10-4-2)15(21)18-11-5-6-14(20)19-13-7-8-13/h13H,3-12,17H2,1-2H3,(H,18,21)(H,19,20). The molecule has 0 saturated heterocycles. The molecule has 2 amide bonds. The second-order valence-electron chi connectivity index (χ2n) is 6.19. The van der Waals surface area contributed by atoms with Crippen molar-refractivity contribution in [2.24, 2.45) is 11.1 Å². The van der Waals surface area contributed by atoms with Crippen LogP contribution in [0.3, 0.4) is 0 Å². The average molecular weight is 297 g/mol. The van der Waals surface area contributed by atoms with Crippen molar-refractivity contribution in [1.29, 1.82) is 0 Å². The van der Waals surface area contributed by atoms with E-state index in [2.05, 4.69) is 24.5 Å². The Labute approximate surface area is 128 Å². The van der Waals surface area contributed by atoms with Gasteiger partial charge in [-0.15, -0.1) is 0 Å². The molecule has 0 aromatic heterocycles. The van der Waals surface area contributed by atoms with E-state index in [1.807, 2.05) is 0 Å². The van der Waals surface area contributed by atoms with E-state index in [9.17, 15) is 9.59 Å². The van der Waals surface area contributed by atoms with Crippen LogP contribution < -0.4 is 16.4 Å². The van der Waals surface area contributed by atoms with Crippen molar-refractivity contribution in [3.8, 4) is 0 Å². The molecule has 0 heterocycles. The van der Waals surface area contributed by atoms with Crippen LogP contribution in [0.1, 0.15) is 65.2 Å². The SMILES string of the molecule is CCCC(CN)(CCC)C(=O)NCCCC(=O)NC1CC1. The first-order valence-electron chi connectivity index (χ1n) is 8.35. The van der Waals surface area contributed by atoms with Crippen molar-refractivity contribution in [2.45, 2.75) is 71.3 Å². The van der Waals surface area contributed by atoms with Crippen LogP contribution in [0.4, 0.5) is 0 Å². The number of nitrogens with one attached hydrogen (secondary N) is 2. The summed E-state index contributed by atoms with van der Waals surface area (Å²) in [5, 5.41) is 5.92. The maximum absolute atomic E-state index is 12.4. The Hall–Kier alpha value is -1.10. The highest BCUT2D eigenvalue weighted by molar-refractivity contribution is 5.83. The highest BCUT2D eigenvalue weighted by Crippen LogP contribution is 2.29. The fourth-order valence-corrected chi connectivity index (χ4v) is 2.77. The first-order valence-corrected chi connectivity index (χ1v) is 8.35. The van der Waals surface area contributed by atoms with Crippen LogP contribution >= 0.6 is 0 Å². The van der Waals surface area contributed by atoms with E-state index in [0.717, 1.165) is 38.5 Å². The molecule has 5 heteroatoms. The predicted octanol–water partition coefficient (Wildman–Crippen LogP) is 1.71. The van der Waals surface area contributed by atoms with Gasteiger partial charge in [0.2, 0.25) is 11.8 Å². The fraction of sp³-hybridized carbons (Fsp3) is 0.875. The quantitative estimate of drug-likeness (QED) is 0.508. The second kappa shape index (κ2) is 9.03. The maximum atomic E-state index is 12.4. The van der Waals surface area contributed by atoms with Gasteiger partial charge in [0.15, 0.2) is 0 Å². The van der Waals surface area contributed by atoms with Crippen LogP contribution in [0.5, 0.6) is 0 Å². The number of hydrogen-bond donors (Lipinski definition) is 3. The summed E-state index contributed by atoms with van der Waals surface area (Å²) in [4.78, 5) is 24.0. The van der Waals surface area contributed by atoms with Gasteiger partial charge in [0, 0.05) is 25.6 Å². The lowest BCUT2D eigenvalue weighted by Crippen LogP contribution is -2.46. The van der Waals surface area contributed by atoms with Gasteiger partial charge in [-0.3, -0.25) is 9.59 Å². The molecule has 1 aliphatic rings. The zero-order chi connectivity index (χ0) is 15.7. The van der Waals surface area contributed by atoms with Gasteiger partial charge in [0.25, 0.3) is 0 Å². The lowest BCUT2D eigenvalue weighted by atomic mass is 9.78. The molecule has 21 heavy (non-hydrogen) atoms. The average Bonchev–Trinajstić information content (AvgIpc) is 3.26. The van der Waals surface area contributed by atoms with E-state index in [1.165, 1.54) is 0 Å². The largest absolute Gasteiger partial charge is 0.356 e. The lowest BCUT2D eigenvalue weighted by Gasteiger charge is -2.30. The molecular weight excluding hydrogens is 266 g/mol. The molecule has 122 valence electrons. The number of rotatable bonds is 11. The Kier molecular flexibility index (Phi) is 7.72. The summed E-state index contributed by atoms with van der Waals surface area (Å²) in [6.07, 6.45) is 6.93. The molecule has 1 aliphatic carbocycles. The van der Waals surface area contributed by atoms with Crippen LogP contribution in [-0.4, -0.2) is 30.9 Å². The molecule has 5 nitrogen and oxygen atoms in total. The van der Waals surface area contributed by atoms with E-state index >= 15 is 0 Å². The van der Waals surface area contributed by atoms with Gasteiger partial charge in [-0.2, -0.15) is 0 Å². The highest BCUT2D eigenvalue weighted by Gasteiger charge is 2.34. The number of carbonyl (C=O) groups excluding carboxylic acids is 2. The van der Waals surface area contributed by atoms with Gasteiger partial charge in [-0.1, -0.05) is 26.7 Å². The van der Waals surface area contributed by atoms with Gasteiger partial charge < -0.3 is 16.4 Å². The zero-order valence-corrected chi connectivity index (χ0v) is 13.5. The first-order chi connectivity index (χ1) is 10.1. The fourth-order valence-electron chi connectivity index (χ4n) is 2.77. The molecule has 0 unspecified atom stereocenters. The minimum Gasteiger partial charge on any atom is -0.356 e. The van der Waals surface area contributed by atoms with Crippen LogP contribution in [0.15, 0.2) is 0 Å². The summed E-state index contributed by atoms with van der Waals surface area (Å²) in [6.45, 7) is 5.10. The first kappa shape index (κ1) is 18.0. The molecule has 0 radical (unpaired) electrons. The molecule has 1 fully saturated rings. The summed E-state index contributed by atoms with van der Waals surface area (Å²) in [5.41, 5.74) is 5.44. The van der Waals surface area contributed by atoms with E-state index < -0.39 is 5.41 Å². The summed E-state index contributed by atoms with van der Waals surface area (Å²) in [5.74, 6) is 0.148. The molecule has 0 atom stereocenters. The Morgan fingerprint density at radius 2 is 1.81 bits per heavy atom. The van der Waals surface area contributed by atoms with E-state index in [4.69, 9.17) is 5.73 Å². The normalized spacial score (nSPS) is 14.8. The van der Waals surface area contributed by atoms with Crippen LogP contribution in [-0.2, 0) is 9.59 Å². The molecular formula is C16H31N3O2. The number of amides is 2. The van der Waals surface area contributed by atoms with Gasteiger partial charge in [-0.05, 0) is 32.1 Å². The summed E-state index contributed by atoms with van der Waals surface area (Å²) < 4.78 is 0. The predicted molar refractivity (Wildman–Crippen MR) is 84.7 cm³/mol. The monoisotopic (exact) mass is 297 g/mol. The van der Waals surface area contributed by atoms with Crippen molar-refractivity contribution >= 4 is 11.8 Å². The minimum atomic E-state index is -0.431. The summed E-state index contributed by atoms with van der Waals surface area (Å²) in [6, 6.07) is 0.408. The maximum Gasteiger partial charge on any atom is 0.227 e. The minimum absolute atomic E-state index is 0.0521. The molecule has 0 aliphatic heterocycles. The molecule has 0 bridgehead atoms. The third kappa shape index (κ3) is 6.04. The summed E-state index contributed by atoms with van der Waals surface area (Å²) >= 11 is 0. The van der Waals surface area contributed by atoms with Crippen molar-refractivity contribution in [1.82, 2.24) is 10.6 Å². The van der Waals surface area contributed by atoms with E-state index in [1.54, 1.807) is 0 Å². The second-order valence-corrected chi connectivity index (χ2v) is 6.19. The van der Waals surface area contributed by atoms with Gasteiger partial charge in [0.1, 0.15) is 0 Å². The Bertz CT molecular complexity index is 334. The molecule has 0 aromatic carbocycles. The molecule has 4 N–H and O–H groups in total. The number of nitrogens with two attached hydrogens (primary N) is 1. The van der Waals surface area contributed by atoms with Crippen molar-refractivity contribution in [3.05, 3.63) is 0 Å². The zero-order valence-electron chi connectivity index (χ0n) is 13.5. The van der Waals surface area contributed by atoms with Crippen molar-refractivity contribution < 1.29 is 9.59 Å². The van der Waals surface area contributed by atoms with Gasteiger partial charge in [0.05, 0.1) is 5.41 Å². The summed E-state index contributed by atoms with van der Waals surface area (Å²) in [7, 11) is 0. The topological polar surface area (TPSA) is 84.2 Å². The molecule has 1 rings (SSSR count). The van der Waals surface area contributed by atoms with Gasteiger partial charge in [-0.25, -0.2) is 0 Å². The molecule has 0 aromatic rings. The van der Waals surface area contributed by atoms with E-state index in [0.29, 0.717) is 32.0 Å². The lowest BCUT2D eigenvalue weighted by molar-refractivity contribution is -0.131. The van der Waals surface area contributed by atoms with Crippen molar-refractivity contribution in [3.63, 3.8) is 0 Å². The molecule has 0 spiro atoms. The van der Waals surface area contributed by atoms with Crippen LogP contribution in [0.25, 0.3) is 0 Å². The smallest absolute Gasteiger partial charge is 0.227 e. The number of carbonyl (C=O) groups is 2. The Morgan fingerprint density at radius 1 is 1.19 bits per heavy atom. The van der Waals surface area contributed by atoms with Gasteiger partial charge >= 0.3 is 0 Å². The Morgan fingerprint density at radius 3 is 2.29 bits per heavy atom. The Balaban J connectivity index is 2.29. The van der Waals surface area contributed by atoms with E-state index in [-0.39, 0.29) is 11.8 Å². The van der Waals surface area contributed by atoms with Crippen LogP contribution in [0.2, 0.25) is 0 Å². The molecule has 1 saturated carbocycles. The third-order valence-corrected chi connectivity index (χ3v) is 4.14. The highest BCUT2D eigenvalue weighted by atomic mass is 16.2. The van der Waals surface area contributed by atoms with Crippen molar-refractivity contribution in [2.75, 3.05) is 13.1 Å². The third-order valence-electron chi connectivity index (χ3n) is 4.14. The van der Waals surface area contributed by atoms with Crippen LogP contribution in [0, 0.1) is 5.41 Å². The number of hydrogen-bond acceptors (Lipinski definition) is 3.